The quantitative estimate of drug-likeness (QED) is 0.738. The molecule has 2 aromatic carbocycles. The molecule has 1 saturated heterocycles. The fraction of sp³-hybridized carbons (Fsp3) is 0.458. The number of rotatable bonds is 7. The second-order valence-electron chi connectivity index (χ2n) is 7.84. The van der Waals surface area contributed by atoms with Crippen LogP contribution in [-0.4, -0.2) is 25.1 Å². The highest BCUT2D eigenvalue weighted by atomic mass is 16.5. The summed E-state index contributed by atoms with van der Waals surface area (Å²) >= 11 is 0. The zero-order valence-corrected chi connectivity index (χ0v) is 17.2. The predicted octanol–water partition coefficient (Wildman–Crippen LogP) is 4.96. The molecule has 1 aliphatic heterocycles. The molecule has 0 saturated carbocycles. The molecule has 0 radical (unpaired) electrons. The van der Waals surface area contributed by atoms with E-state index < -0.39 is 6.10 Å². The molecule has 28 heavy (non-hydrogen) atoms. The molecular weight excluding hydrogens is 348 g/mol. The number of piperidine rings is 1. The summed E-state index contributed by atoms with van der Waals surface area (Å²) in [6.45, 7) is 8.56. The minimum atomic E-state index is -0.487. The van der Waals surface area contributed by atoms with Crippen LogP contribution in [0.3, 0.4) is 0 Å². The predicted molar refractivity (Wildman–Crippen MR) is 115 cm³/mol. The summed E-state index contributed by atoms with van der Waals surface area (Å²) in [5.74, 6) is 1.40. The Morgan fingerprint density at radius 1 is 1.18 bits per heavy atom. The van der Waals surface area contributed by atoms with Gasteiger partial charge in [-0.25, -0.2) is 0 Å². The van der Waals surface area contributed by atoms with Crippen LogP contribution in [0.15, 0.2) is 54.6 Å². The minimum absolute atomic E-state index is 0.0600. The van der Waals surface area contributed by atoms with E-state index in [0.717, 1.165) is 30.3 Å². The number of amides is 1. The Balaban J connectivity index is 1.58. The van der Waals surface area contributed by atoms with E-state index in [1.165, 1.54) is 18.5 Å². The Hall–Kier alpha value is -2.49. The van der Waals surface area contributed by atoms with Gasteiger partial charge in [0.05, 0.1) is 6.04 Å². The minimum Gasteiger partial charge on any atom is -0.481 e. The largest absolute Gasteiger partial charge is 0.481 e. The van der Waals surface area contributed by atoms with E-state index in [2.05, 4.69) is 41.4 Å². The van der Waals surface area contributed by atoms with Crippen molar-refractivity contribution in [1.82, 2.24) is 5.32 Å². The van der Waals surface area contributed by atoms with Crippen LogP contribution < -0.4 is 15.0 Å². The van der Waals surface area contributed by atoms with E-state index in [1.54, 1.807) is 0 Å². The molecule has 1 aliphatic rings. The fourth-order valence-corrected chi connectivity index (χ4v) is 3.77. The van der Waals surface area contributed by atoms with Crippen molar-refractivity contribution < 1.29 is 9.53 Å². The zero-order valence-electron chi connectivity index (χ0n) is 17.2. The van der Waals surface area contributed by atoms with Gasteiger partial charge in [-0.3, -0.25) is 4.79 Å². The molecule has 2 aromatic rings. The van der Waals surface area contributed by atoms with Gasteiger partial charge in [-0.15, -0.1) is 0 Å². The Morgan fingerprint density at radius 3 is 2.54 bits per heavy atom. The smallest absolute Gasteiger partial charge is 0.261 e. The average molecular weight is 381 g/mol. The molecule has 1 N–H and O–H groups in total. The van der Waals surface area contributed by atoms with Crippen molar-refractivity contribution in [3.05, 3.63) is 60.2 Å². The van der Waals surface area contributed by atoms with Crippen molar-refractivity contribution in [3.8, 4) is 5.75 Å². The third-order valence-corrected chi connectivity index (χ3v) is 5.46. The molecule has 1 fully saturated rings. The topological polar surface area (TPSA) is 41.6 Å². The summed E-state index contributed by atoms with van der Waals surface area (Å²) in [7, 11) is 0. The van der Waals surface area contributed by atoms with Crippen molar-refractivity contribution in [1.29, 1.82) is 0 Å². The van der Waals surface area contributed by atoms with Crippen LogP contribution in [0.1, 0.15) is 51.6 Å². The summed E-state index contributed by atoms with van der Waals surface area (Å²) in [5.41, 5.74) is 2.38. The highest BCUT2D eigenvalue weighted by Gasteiger charge is 2.21. The van der Waals surface area contributed by atoms with Gasteiger partial charge >= 0.3 is 0 Å². The van der Waals surface area contributed by atoms with Gasteiger partial charge in [-0.2, -0.15) is 0 Å². The monoisotopic (exact) mass is 380 g/mol. The molecule has 0 unspecified atom stereocenters. The van der Waals surface area contributed by atoms with Crippen molar-refractivity contribution in [3.63, 3.8) is 0 Å². The maximum atomic E-state index is 12.7. The molecule has 0 bridgehead atoms. The highest BCUT2D eigenvalue weighted by Crippen LogP contribution is 2.25. The van der Waals surface area contributed by atoms with Crippen LogP contribution in [0, 0.1) is 5.92 Å². The first kappa shape index (κ1) is 20.2. The molecule has 3 atom stereocenters. The van der Waals surface area contributed by atoms with Crippen molar-refractivity contribution in [2.75, 3.05) is 18.0 Å². The first-order chi connectivity index (χ1) is 13.6. The van der Waals surface area contributed by atoms with E-state index in [-0.39, 0.29) is 11.9 Å². The lowest BCUT2D eigenvalue weighted by Crippen LogP contribution is -2.39. The van der Waals surface area contributed by atoms with Crippen LogP contribution in [0.5, 0.6) is 5.75 Å². The molecule has 4 heteroatoms. The Labute approximate surface area is 168 Å². The van der Waals surface area contributed by atoms with E-state index in [1.807, 2.05) is 44.2 Å². The van der Waals surface area contributed by atoms with Crippen LogP contribution in [0.2, 0.25) is 0 Å². The lowest BCUT2D eigenvalue weighted by atomic mass is 9.99. The van der Waals surface area contributed by atoms with Crippen LogP contribution in [-0.2, 0) is 4.79 Å². The Morgan fingerprint density at radius 2 is 1.89 bits per heavy atom. The first-order valence-electron chi connectivity index (χ1n) is 10.4. The number of carbonyl (C=O) groups excluding carboxylic acids is 1. The highest BCUT2D eigenvalue weighted by molar-refractivity contribution is 5.81. The lowest BCUT2D eigenvalue weighted by molar-refractivity contribution is -0.128. The standard InChI is InChI=1S/C24H32N2O2/c1-4-23(28-22-10-6-5-7-11-22)24(27)25-19(3)20-12-14-21(15-13-20)26-16-8-9-18(2)17-26/h5-7,10-15,18-19,23H,4,8-9,16-17H2,1-3H3,(H,25,27)/t18-,19+,23-/m1/s1. The van der Waals surface area contributed by atoms with E-state index in [0.29, 0.717) is 6.42 Å². The summed E-state index contributed by atoms with van der Waals surface area (Å²) in [6, 6.07) is 18.0. The van der Waals surface area contributed by atoms with Crippen molar-refractivity contribution >= 4 is 11.6 Å². The van der Waals surface area contributed by atoms with Crippen molar-refractivity contribution in [2.24, 2.45) is 5.92 Å². The van der Waals surface area contributed by atoms with Gasteiger partial charge in [-0.1, -0.05) is 44.2 Å². The van der Waals surface area contributed by atoms with Gasteiger partial charge < -0.3 is 15.0 Å². The fourth-order valence-electron chi connectivity index (χ4n) is 3.77. The second-order valence-corrected chi connectivity index (χ2v) is 7.84. The number of hydrogen-bond donors (Lipinski definition) is 1. The molecule has 1 amide bonds. The number of benzene rings is 2. The number of nitrogens with one attached hydrogen (secondary N) is 1. The van der Waals surface area contributed by atoms with E-state index in [4.69, 9.17) is 4.74 Å². The zero-order chi connectivity index (χ0) is 19.9. The van der Waals surface area contributed by atoms with Gasteiger partial charge in [0.1, 0.15) is 5.75 Å². The molecule has 0 aromatic heterocycles. The molecule has 1 heterocycles. The van der Waals surface area contributed by atoms with Gasteiger partial charge in [0.2, 0.25) is 0 Å². The first-order valence-corrected chi connectivity index (χ1v) is 10.4. The number of para-hydroxylation sites is 1. The lowest BCUT2D eigenvalue weighted by Gasteiger charge is -2.33. The van der Waals surface area contributed by atoms with Gasteiger partial charge in [0.15, 0.2) is 6.10 Å². The SMILES string of the molecule is CC[C@@H](Oc1ccccc1)C(=O)N[C@@H](C)c1ccc(N2CCC[C@@H](C)C2)cc1. The van der Waals surface area contributed by atoms with Gasteiger partial charge in [-0.05, 0) is 61.9 Å². The van der Waals surface area contributed by atoms with Crippen LogP contribution >= 0.6 is 0 Å². The molecule has 3 rings (SSSR count). The molecular formula is C24H32N2O2. The second kappa shape index (κ2) is 9.63. The van der Waals surface area contributed by atoms with Crippen molar-refractivity contribution in [2.45, 2.75) is 52.2 Å². The normalized spacial score (nSPS) is 19.0. The number of nitrogens with zero attached hydrogens (tertiary/aromatic N) is 1. The third kappa shape index (κ3) is 5.28. The number of carbonyl (C=O) groups is 1. The summed E-state index contributed by atoms with van der Waals surface area (Å²) in [5, 5.41) is 3.10. The molecule has 0 spiro atoms. The van der Waals surface area contributed by atoms with Gasteiger partial charge in [0.25, 0.3) is 5.91 Å². The summed E-state index contributed by atoms with van der Waals surface area (Å²) < 4.78 is 5.85. The Kier molecular flexibility index (Phi) is 6.96. The maximum Gasteiger partial charge on any atom is 0.261 e. The molecule has 150 valence electrons. The third-order valence-electron chi connectivity index (χ3n) is 5.46. The van der Waals surface area contributed by atoms with Crippen LogP contribution in [0.25, 0.3) is 0 Å². The van der Waals surface area contributed by atoms with Gasteiger partial charge in [0, 0.05) is 18.8 Å². The molecule has 4 nitrogen and oxygen atoms in total. The van der Waals surface area contributed by atoms with E-state index in [9.17, 15) is 4.79 Å². The Bertz CT molecular complexity index is 745. The number of hydrogen-bond acceptors (Lipinski definition) is 3. The van der Waals surface area contributed by atoms with Crippen LogP contribution in [0.4, 0.5) is 5.69 Å². The average Bonchev–Trinajstić information content (AvgIpc) is 2.72. The number of ether oxygens (including phenoxy) is 1. The summed E-state index contributed by atoms with van der Waals surface area (Å²) in [4.78, 5) is 15.1. The molecule has 0 aliphatic carbocycles. The number of anilines is 1. The maximum absolute atomic E-state index is 12.7. The van der Waals surface area contributed by atoms with E-state index >= 15 is 0 Å². The summed E-state index contributed by atoms with van der Waals surface area (Å²) in [6.07, 6.45) is 2.72.